The van der Waals surface area contributed by atoms with Gasteiger partial charge in [-0.2, -0.15) is 0 Å². The molecule has 2 N–H and O–H groups in total. The molecule has 0 bridgehead atoms. The molecule has 1 aliphatic carbocycles. The van der Waals surface area contributed by atoms with Gasteiger partial charge in [-0.05, 0) is 51.7 Å². The van der Waals surface area contributed by atoms with E-state index >= 15 is 0 Å². The summed E-state index contributed by atoms with van der Waals surface area (Å²) in [6, 6.07) is 1.97. The number of carbonyl (C=O) groups is 1. The summed E-state index contributed by atoms with van der Waals surface area (Å²) in [7, 11) is 1.60. The molecule has 0 fully saturated rings. The van der Waals surface area contributed by atoms with Crippen molar-refractivity contribution in [2.75, 3.05) is 7.05 Å². The van der Waals surface area contributed by atoms with Crippen molar-refractivity contribution in [2.45, 2.75) is 64.9 Å². The van der Waals surface area contributed by atoms with Gasteiger partial charge < -0.3 is 15.2 Å². The van der Waals surface area contributed by atoms with Gasteiger partial charge in [-0.3, -0.25) is 4.79 Å². The Bertz CT molecular complexity index is 733. The molecule has 4 heteroatoms. The van der Waals surface area contributed by atoms with E-state index < -0.39 is 0 Å². The standard InChI is InChI=1S/C21H29NO3/c1-6-7-13-11-16-18(19(23)17(13)20(24)22-5)14-10-12(2)8-9-15(14)21(3,4)25-16/h10-11,14-15,23H,6-9H2,1-5H3,(H,22,24)/t14-,15-/m1/s1. The summed E-state index contributed by atoms with van der Waals surface area (Å²) in [6.45, 7) is 8.47. The lowest BCUT2D eigenvalue weighted by molar-refractivity contribution is 0.0107. The van der Waals surface area contributed by atoms with E-state index in [9.17, 15) is 9.90 Å². The maximum Gasteiger partial charge on any atom is 0.255 e. The lowest BCUT2D eigenvalue weighted by Crippen LogP contribution is -2.45. The summed E-state index contributed by atoms with van der Waals surface area (Å²) in [5.41, 5.74) is 3.08. The number of phenolic OH excluding ortho intramolecular Hbond substituents is 1. The molecule has 4 nitrogen and oxygen atoms in total. The maximum atomic E-state index is 12.4. The number of carbonyl (C=O) groups excluding carboxylic acids is 1. The van der Waals surface area contributed by atoms with Crippen molar-refractivity contribution >= 4 is 5.91 Å². The number of rotatable bonds is 3. The monoisotopic (exact) mass is 343 g/mol. The Morgan fingerprint density at radius 3 is 2.80 bits per heavy atom. The Kier molecular flexibility index (Phi) is 4.56. The van der Waals surface area contributed by atoms with Crippen LogP contribution in [-0.4, -0.2) is 23.7 Å². The van der Waals surface area contributed by atoms with Gasteiger partial charge in [0.2, 0.25) is 0 Å². The van der Waals surface area contributed by atoms with Gasteiger partial charge in [0, 0.05) is 24.4 Å². The van der Waals surface area contributed by atoms with Gasteiger partial charge in [0.05, 0.1) is 5.56 Å². The van der Waals surface area contributed by atoms with Crippen molar-refractivity contribution < 1.29 is 14.6 Å². The topological polar surface area (TPSA) is 58.6 Å². The van der Waals surface area contributed by atoms with Crippen molar-refractivity contribution in [2.24, 2.45) is 5.92 Å². The Labute approximate surface area is 150 Å². The molecule has 0 spiro atoms. The van der Waals surface area contributed by atoms with Gasteiger partial charge in [-0.1, -0.05) is 25.0 Å². The summed E-state index contributed by atoms with van der Waals surface area (Å²) in [5, 5.41) is 13.7. The first-order valence-corrected chi connectivity index (χ1v) is 9.27. The van der Waals surface area contributed by atoms with E-state index in [0.717, 1.165) is 42.6 Å². The number of amides is 1. The highest BCUT2D eigenvalue weighted by molar-refractivity contribution is 5.99. The summed E-state index contributed by atoms with van der Waals surface area (Å²) in [6.07, 6.45) is 5.97. The third-order valence-corrected chi connectivity index (χ3v) is 5.70. The highest BCUT2D eigenvalue weighted by Crippen LogP contribution is 2.54. The zero-order chi connectivity index (χ0) is 18.4. The highest BCUT2D eigenvalue weighted by Gasteiger charge is 2.46. The Morgan fingerprint density at radius 1 is 1.44 bits per heavy atom. The second-order valence-corrected chi connectivity index (χ2v) is 7.89. The number of aryl methyl sites for hydroxylation is 1. The first-order chi connectivity index (χ1) is 11.8. The zero-order valence-corrected chi connectivity index (χ0v) is 15.9. The molecule has 1 aromatic carbocycles. The minimum absolute atomic E-state index is 0.0894. The fraction of sp³-hybridized carbons (Fsp3) is 0.571. The van der Waals surface area contributed by atoms with E-state index in [4.69, 9.17) is 4.74 Å². The summed E-state index contributed by atoms with van der Waals surface area (Å²) in [4.78, 5) is 12.4. The normalized spacial score (nSPS) is 23.8. The number of allylic oxidation sites excluding steroid dienone is 2. The van der Waals surface area contributed by atoms with Gasteiger partial charge in [-0.25, -0.2) is 0 Å². The number of benzene rings is 1. The molecule has 2 aliphatic rings. The van der Waals surface area contributed by atoms with E-state index in [1.165, 1.54) is 5.57 Å². The predicted octanol–water partition coefficient (Wildman–Crippen LogP) is 4.32. The molecular formula is C21H29NO3. The minimum atomic E-state index is -0.292. The fourth-order valence-electron chi connectivity index (χ4n) is 4.46. The number of aromatic hydroxyl groups is 1. The lowest BCUT2D eigenvalue weighted by atomic mass is 9.67. The van der Waals surface area contributed by atoms with Crippen LogP contribution in [0.1, 0.15) is 74.4 Å². The zero-order valence-electron chi connectivity index (χ0n) is 15.9. The first kappa shape index (κ1) is 17.8. The average molecular weight is 343 g/mol. The van der Waals surface area contributed by atoms with E-state index in [-0.39, 0.29) is 23.2 Å². The molecular weight excluding hydrogens is 314 g/mol. The van der Waals surface area contributed by atoms with Crippen molar-refractivity contribution in [3.8, 4) is 11.5 Å². The van der Waals surface area contributed by atoms with E-state index in [1.54, 1.807) is 7.05 Å². The fourth-order valence-corrected chi connectivity index (χ4v) is 4.46. The molecule has 136 valence electrons. The number of hydrogen-bond acceptors (Lipinski definition) is 3. The van der Waals surface area contributed by atoms with Crippen LogP contribution >= 0.6 is 0 Å². The van der Waals surface area contributed by atoms with Gasteiger partial charge in [0.1, 0.15) is 17.1 Å². The van der Waals surface area contributed by atoms with Crippen molar-refractivity contribution in [3.63, 3.8) is 0 Å². The van der Waals surface area contributed by atoms with Crippen molar-refractivity contribution in [1.82, 2.24) is 5.32 Å². The predicted molar refractivity (Wildman–Crippen MR) is 99.4 cm³/mol. The molecule has 0 radical (unpaired) electrons. The van der Waals surface area contributed by atoms with Crippen molar-refractivity contribution in [3.05, 3.63) is 34.4 Å². The van der Waals surface area contributed by atoms with Crippen LogP contribution in [-0.2, 0) is 6.42 Å². The van der Waals surface area contributed by atoms with Crippen LogP contribution in [0, 0.1) is 5.92 Å². The van der Waals surface area contributed by atoms with Crippen LogP contribution in [0.4, 0.5) is 0 Å². The SMILES string of the molecule is CCCc1cc2c(c(O)c1C(=O)NC)[C@@H]1C=C(C)CC[C@H]1C(C)(C)O2. The van der Waals surface area contributed by atoms with Gasteiger partial charge >= 0.3 is 0 Å². The molecule has 1 aromatic rings. The molecule has 1 aliphatic heterocycles. The third kappa shape index (κ3) is 2.92. The number of hydrogen-bond donors (Lipinski definition) is 2. The molecule has 2 atom stereocenters. The van der Waals surface area contributed by atoms with Gasteiger partial charge in [0.25, 0.3) is 5.91 Å². The first-order valence-electron chi connectivity index (χ1n) is 9.27. The molecule has 1 amide bonds. The maximum absolute atomic E-state index is 12.4. The molecule has 0 aromatic heterocycles. The Morgan fingerprint density at radius 2 is 2.16 bits per heavy atom. The van der Waals surface area contributed by atoms with Crippen LogP contribution in [0.5, 0.6) is 11.5 Å². The van der Waals surface area contributed by atoms with Crippen LogP contribution in [0.3, 0.4) is 0 Å². The summed E-state index contributed by atoms with van der Waals surface area (Å²) >= 11 is 0. The molecule has 25 heavy (non-hydrogen) atoms. The Balaban J connectivity index is 2.25. The number of ether oxygens (including phenoxy) is 1. The summed E-state index contributed by atoms with van der Waals surface area (Å²) in [5.74, 6) is 0.972. The van der Waals surface area contributed by atoms with Crippen LogP contribution in [0.2, 0.25) is 0 Å². The largest absolute Gasteiger partial charge is 0.507 e. The minimum Gasteiger partial charge on any atom is -0.507 e. The van der Waals surface area contributed by atoms with Crippen LogP contribution in [0.15, 0.2) is 17.7 Å². The second kappa shape index (κ2) is 6.40. The van der Waals surface area contributed by atoms with E-state index in [1.807, 2.05) is 6.07 Å². The smallest absolute Gasteiger partial charge is 0.255 e. The second-order valence-electron chi connectivity index (χ2n) is 7.89. The van der Waals surface area contributed by atoms with Crippen molar-refractivity contribution in [1.29, 1.82) is 0 Å². The summed E-state index contributed by atoms with van der Waals surface area (Å²) < 4.78 is 6.34. The molecule has 1 heterocycles. The molecule has 0 saturated heterocycles. The highest BCUT2D eigenvalue weighted by atomic mass is 16.5. The molecule has 0 unspecified atom stereocenters. The van der Waals surface area contributed by atoms with Crippen LogP contribution < -0.4 is 10.1 Å². The van der Waals surface area contributed by atoms with E-state index in [2.05, 4.69) is 39.1 Å². The molecule has 3 rings (SSSR count). The molecule has 0 saturated carbocycles. The average Bonchev–Trinajstić information content (AvgIpc) is 2.53. The van der Waals surface area contributed by atoms with Gasteiger partial charge in [0.15, 0.2) is 0 Å². The lowest BCUT2D eigenvalue weighted by Gasteiger charge is -2.46. The van der Waals surface area contributed by atoms with Gasteiger partial charge in [-0.15, -0.1) is 0 Å². The van der Waals surface area contributed by atoms with E-state index in [0.29, 0.717) is 11.5 Å². The number of nitrogens with one attached hydrogen (secondary N) is 1. The van der Waals surface area contributed by atoms with Crippen LogP contribution in [0.25, 0.3) is 0 Å². The Hall–Kier alpha value is -1.97. The third-order valence-electron chi connectivity index (χ3n) is 5.70. The quantitative estimate of drug-likeness (QED) is 0.804. The number of phenols is 1. The number of fused-ring (bicyclic) bond motifs is 3.